The minimum absolute atomic E-state index is 0.0309. The zero-order chi connectivity index (χ0) is 21.0. The molecule has 1 aliphatic rings. The van der Waals surface area contributed by atoms with Gasteiger partial charge in [-0.15, -0.1) is 0 Å². The summed E-state index contributed by atoms with van der Waals surface area (Å²) in [5.41, 5.74) is 3.87. The van der Waals surface area contributed by atoms with Gasteiger partial charge in [0.25, 0.3) is 0 Å². The molecule has 2 N–H and O–H groups in total. The minimum atomic E-state index is -0.167. The summed E-state index contributed by atoms with van der Waals surface area (Å²) in [5, 5.41) is 13.0. The number of anilines is 1. The summed E-state index contributed by atoms with van der Waals surface area (Å²) in [6, 6.07) is 20.8. The standard InChI is InChI=1S/C24H25N5O2/c30-14-19-11-12-21(31-19)29-16-27-22-23(25-15-26-24(22)29)28-20(18-9-5-2-6-10-18)13-17-7-3-1-4-8-17/h1-10,15-16,19-21,30H,11-14H2,(H,25,26,28)/t19?,20?,21-/m1/s1. The molecule has 158 valence electrons. The molecule has 0 spiro atoms. The van der Waals surface area contributed by atoms with Crippen LogP contribution in [0.1, 0.15) is 36.2 Å². The van der Waals surface area contributed by atoms with Crippen LogP contribution >= 0.6 is 0 Å². The first kappa shape index (κ1) is 19.7. The molecule has 31 heavy (non-hydrogen) atoms. The van der Waals surface area contributed by atoms with Crippen LogP contribution in [0.3, 0.4) is 0 Å². The average molecular weight is 415 g/mol. The lowest BCUT2D eigenvalue weighted by Gasteiger charge is -2.20. The van der Waals surface area contributed by atoms with Gasteiger partial charge in [-0.2, -0.15) is 0 Å². The highest BCUT2D eigenvalue weighted by Crippen LogP contribution is 2.32. The Balaban J connectivity index is 1.46. The highest BCUT2D eigenvalue weighted by atomic mass is 16.5. The summed E-state index contributed by atoms with van der Waals surface area (Å²) >= 11 is 0. The number of nitrogens with one attached hydrogen (secondary N) is 1. The highest BCUT2D eigenvalue weighted by molar-refractivity contribution is 5.83. The molecular formula is C24H25N5O2. The Morgan fingerprint density at radius 3 is 2.52 bits per heavy atom. The van der Waals surface area contributed by atoms with Crippen molar-refractivity contribution in [3.63, 3.8) is 0 Å². The van der Waals surface area contributed by atoms with Crippen LogP contribution in [0.4, 0.5) is 5.82 Å². The monoisotopic (exact) mass is 415 g/mol. The third-order valence-electron chi connectivity index (χ3n) is 5.75. The highest BCUT2D eigenvalue weighted by Gasteiger charge is 2.28. The van der Waals surface area contributed by atoms with Crippen molar-refractivity contribution in [3.05, 3.63) is 84.4 Å². The van der Waals surface area contributed by atoms with Crippen molar-refractivity contribution >= 4 is 17.0 Å². The number of benzene rings is 2. The lowest BCUT2D eigenvalue weighted by atomic mass is 9.99. The Morgan fingerprint density at radius 1 is 1.00 bits per heavy atom. The molecule has 7 nitrogen and oxygen atoms in total. The van der Waals surface area contributed by atoms with E-state index in [1.807, 2.05) is 28.8 Å². The van der Waals surface area contributed by atoms with E-state index in [0.29, 0.717) is 11.3 Å². The molecule has 2 aromatic carbocycles. The van der Waals surface area contributed by atoms with Gasteiger partial charge in [0.2, 0.25) is 0 Å². The van der Waals surface area contributed by atoms with E-state index >= 15 is 0 Å². The van der Waals surface area contributed by atoms with Gasteiger partial charge in [0, 0.05) is 0 Å². The van der Waals surface area contributed by atoms with Crippen LogP contribution in [-0.4, -0.2) is 37.3 Å². The van der Waals surface area contributed by atoms with E-state index in [9.17, 15) is 5.11 Å². The number of imidazole rings is 1. The molecule has 0 bridgehead atoms. The predicted octanol–water partition coefficient (Wildman–Crippen LogP) is 3.89. The summed E-state index contributed by atoms with van der Waals surface area (Å²) in [6.45, 7) is 0.0309. The summed E-state index contributed by atoms with van der Waals surface area (Å²) in [6.07, 6.45) is 5.49. The first-order valence-corrected chi connectivity index (χ1v) is 10.6. The Morgan fingerprint density at radius 2 is 1.77 bits per heavy atom. The molecule has 1 fully saturated rings. The molecule has 1 aliphatic heterocycles. The number of ether oxygens (including phenoxy) is 1. The normalized spacial score (nSPS) is 19.5. The van der Waals surface area contributed by atoms with Gasteiger partial charge in [0.15, 0.2) is 17.0 Å². The zero-order valence-corrected chi connectivity index (χ0v) is 17.1. The molecule has 2 unspecified atom stereocenters. The molecule has 0 saturated carbocycles. The summed E-state index contributed by atoms with van der Waals surface area (Å²) in [7, 11) is 0. The van der Waals surface area contributed by atoms with E-state index in [1.54, 1.807) is 12.7 Å². The lowest BCUT2D eigenvalue weighted by Crippen LogP contribution is -2.16. The summed E-state index contributed by atoms with van der Waals surface area (Å²) < 4.78 is 7.86. The second kappa shape index (κ2) is 8.83. The average Bonchev–Trinajstić information content (AvgIpc) is 3.47. The summed E-state index contributed by atoms with van der Waals surface area (Å²) in [4.78, 5) is 13.6. The molecule has 3 atom stereocenters. The molecular weight excluding hydrogens is 390 g/mol. The van der Waals surface area contributed by atoms with Crippen LogP contribution in [0.15, 0.2) is 73.3 Å². The van der Waals surface area contributed by atoms with E-state index in [-0.39, 0.29) is 25.0 Å². The predicted molar refractivity (Wildman–Crippen MR) is 119 cm³/mol. The number of fused-ring (bicyclic) bond motifs is 1. The van der Waals surface area contributed by atoms with Gasteiger partial charge in [0.05, 0.1) is 25.1 Å². The van der Waals surface area contributed by atoms with Crippen LogP contribution in [0.25, 0.3) is 11.2 Å². The van der Waals surface area contributed by atoms with E-state index < -0.39 is 0 Å². The van der Waals surface area contributed by atoms with Crippen LogP contribution < -0.4 is 5.32 Å². The van der Waals surface area contributed by atoms with Crippen LogP contribution in [0, 0.1) is 0 Å². The maximum absolute atomic E-state index is 9.38. The smallest absolute Gasteiger partial charge is 0.167 e. The van der Waals surface area contributed by atoms with Gasteiger partial charge in [-0.25, -0.2) is 15.0 Å². The molecule has 5 rings (SSSR count). The summed E-state index contributed by atoms with van der Waals surface area (Å²) in [5.74, 6) is 0.699. The van der Waals surface area contributed by atoms with Crippen molar-refractivity contribution in [2.75, 3.05) is 11.9 Å². The first-order chi connectivity index (χ1) is 15.3. The van der Waals surface area contributed by atoms with Gasteiger partial charge in [-0.1, -0.05) is 60.7 Å². The maximum Gasteiger partial charge on any atom is 0.167 e. The van der Waals surface area contributed by atoms with Gasteiger partial charge in [-0.3, -0.25) is 4.57 Å². The van der Waals surface area contributed by atoms with Crippen molar-refractivity contribution in [1.82, 2.24) is 19.5 Å². The third kappa shape index (κ3) is 4.15. The Hall–Kier alpha value is -3.29. The number of aromatic nitrogens is 4. The molecule has 0 aliphatic carbocycles. The molecule has 2 aromatic heterocycles. The van der Waals surface area contributed by atoms with Crippen LogP contribution in [0.2, 0.25) is 0 Å². The lowest BCUT2D eigenvalue weighted by molar-refractivity contribution is -0.0207. The van der Waals surface area contributed by atoms with E-state index in [4.69, 9.17) is 4.74 Å². The number of rotatable bonds is 7. The SMILES string of the molecule is OCC1CC[C@H](n2cnc3c(NC(Cc4ccccc4)c4ccccc4)ncnc32)O1. The number of aliphatic hydroxyl groups is 1. The van der Waals surface area contributed by atoms with Crippen molar-refractivity contribution in [2.45, 2.75) is 37.6 Å². The number of nitrogens with zero attached hydrogens (tertiary/aromatic N) is 4. The van der Waals surface area contributed by atoms with E-state index in [1.165, 1.54) is 11.1 Å². The van der Waals surface area contributed by atoms with Gasteiger partial charge < -0.3 is 15.2 Å². The topological polar surface area (TPSA) is 85.1 Å². The van der Waals surface area contributed by atoms with Crippen LogP contribution in [-0.2, 0) is 11.2 Å². The Bertz CT molecular complexity index is 1130. The fourth-order valence-corrected chi connectivity index (χ4v) is 4.15. The molecule has 3 heterocycles. The van der Waals surface area contributed by atoms with Gasteiger partial charge >= 0.3 is 0 Å². The third-order valence-corrected chi connectivity index (χ3v) is 5.75. The van der Waals surface area contributed by atoms with Crippen molar-refractivity contribution in [2.24, 2.45) is 0 Å². The first-order valence-electron chi connectivity index (χ1n) is 10.6. The fourth-order valence-electron chi connectivity index (χ4n) is 4.15. The van der Waals surface area contributed by atoms with Gasteiger partial charge in [0.1, 0.15) is 12.6 Å². The van der Waals surface area contributed by atoms with Crippen molar-refractivity contribution in [3.8, 4) is 0 Å². The molecule has 4 aromatic rings. The molecule has 0 amide bonds. The fraction of sp³-hybridized carbons (Fsp3) is 0.292. The number of aliphatic hydroxyl groups excluding tert-OH is 1. The minimum Gasteiger partial charge on any atom is -0.394 e. The van der Waals surface area contributed by atoms with E-state index in [2.05, 4.69) is 56.7 Å². The van der Waals surface area contributed by atoms with Gasteiger partial charge in [-0.05, 0) is 30.4 Å². The second-order valence-corrected chi connectivity index (χ2v) is 7.82. The molecule has 1 saturated heterocycles. The number of hydrogen-bond acceptors (Lipinski definition) is 6. The number of hydrogen-bond donors (Lipinski definition) is 2. The maximum atomic E-state index is 9.38. The van der Waals surface area contributed by atoms with Crippen LogP contribution in [0.5, 0.6) is 0 Å². The van der Waals surface area contributed by atoms with E-state index in [0.717, 1.165) is 24.9 Å². The zero-order valence-electron chi connectivity index (χ0n) is 17.1. The van der Waals surface area contributed by atoms with Crippen molar-refractivity contribution < 1.29 is 9.84 Å². The largest absolute Gasteiger partial charge is 0.394 e. The Labute approximate surface area is 180 Å². The quantitative estimate of drug-likeness (QED) is 0.476. The second-order valence-electron chi connectivity index (χ2n) is 7.82. The Kier molecular flexibility index (Phi) is 5.60. The van der Waals surface area contributed by atoms with Crippen molar-refractivity contribution in [1.29, 1.82) is 0 Å². The molecule has 0 radical (unpaired) electrons. The molecule has 7 heteroatoms.